The van der Waals surface area contributed by atoms with Crippen molar-refractivity contribution < 1.29 is 4.39 Å². The van der Waals surface area contributed by atoms with Gasteiger partial charge in [-0.2, -0.15) is 0 Å². The van der Waals surface area contributed by atoms with E-state index in [2.05, 4.69) is 32.3 Å². The van der Waals surface area contributed by atoms with Crippen molar-refractivity contribution in [1.82, 2.24) is 4.98 Å². The summed E-state index contributed by atoms with van der Waals surface area (Å²) in [5.74, 6) is -0.247. The van der Waals surface area contributed by atoms with E-state index < -0.39 is 0 Å². The molecule has 0 bridgehead atoms. The fraction of sp³-hybridized carbons (Fsp3) is 0.0667. The molecule has 0 aliphatic carbocycles. The first-order chi connectivity index (χ1) is 9.24. The Hall–Kier alpha value is -1.81. The third kappa shape index (κ3) is 2.49. The van der Waals surface area contributed by atoms with Crippen molar-refractivity contribution in [3.05, 3.63) is 64.5 Å². The lowest BCUT2D eigenvalue weighted by Crippen LogP contribution is -2.00. The van der Waals surface area contributed by atoms with Gasteiger partial charge in [0.25, 0.3) is 0 Å². The lowest BCUT2D eigenvalue weighted by Gasteiger charge is -2.07. The standard InChI is InChI=1S/C15H12BrFN2/c16-11-5-6-13(17)15(7-11)19-9-10-8-18-14-4-2-1-3-12(10)14/h1-8,18-19H,9H2. The van der Waals surface area contributed by atoms with E-state index in [0.717, 1.165) is 20.9 Å². The van der Waals surface area contributed by atoms with Gasteiger partial charge in [-0.25, -0.2) is 4.39 Å². The van der Waals surface area contributed by atoms with Crippen molar-refractivity contribution in [3.8, 4) is 0 Å². The van der Waals surface area contributed by atoms with Crippen LogP contribution < -0.4 is 5.32 Å². The van der Waals surface area contributed by atoms with Crippen LogP contribution >= 0.6 is 15.9 Å². The van der Waals surface area contributed by atoms with Crippen LogP contribution in [0, 0.1) is 5.82 Å². The van der Waals surface area contributed by atoms with Crippen molar-refractivity contribution in [2.45, 2.75) is 6.54 Å². The number of aromatic amines is 1. The molecule has 1 heterocycles. The molecule has 0 saturated heterocycles. The quantitative estimate of drug-likeness (QED) is 0.721. The highest BCUT2D eigenvalue weighted by Gasteiger charge is 2.05. The molecule has 2 nitrogen and oxygen atoms in total. The number of anilines is 1. The summed E-state index contributed by atoms with van der Waals surface area (Å²) in [5.41, 5.74) is 2.71. The minimum atomic E-state index is -0.247. The number of fused-ring (bicyclic) bond motifs is 1. The smallest absolute Gasteiger partial charge is 0.146 e. The van der Waals surface area contributed by atoms with Gasteiger partial charge in [0.05, 0.1) is 5.69 Å². The molecular formula is C15H12BrFN2. The summed E-state index contributed by atoms with van der Waals surface area (Å²) in [4.78, 5) is 3.21. The largest absolute Gasteiger partial charge is 0.378 e. The summed E-state index contributed by atoms with van der Waals surface area (Å²) < 4.78 is 14.5. The molecule has 2 N–H and O–H groups in total. The molecule has 0 amide bonds. The Labute approximate surface area is 118 Å². The first-order valence-corrected chi connectivity index (χ1v) is 6.77. The topological polar surface area (TPSA) is 27.8 Å². The predicted molar refractivity (Wildman–Crippen MR) is 79.7 cm³/mol. The molecule has 0 radical (unpaired) electrons. The highest BCUT2D eigenvalue weighted by Crippen LogP contribution is 2.22. The SMILES string of the molecule is Fc1ccc(Br)cc1NCc1c[nH]c2ccccc12. The van der Waals surface area contributed by atoms with Gasteiger partial charge in [0.2, 0.25) is 0 Å². The van der Waals surface area contributed by atoms with Crippen LogP contribution in [0.1, 0.15) is 5.56 Å². The van der Waals surface area contributed by atoms with Crippen LogP contribution in [0.2, 0.25) is 0 Å². The third-order valence-electron chi connectivity index (χ3n) is 3.07. The van der Waals surface area contributed by atoms with E-state index in [1.54, 1.807) is 12.1 Å². The molecule has 3 rings (SSSR count). The second-order valence-electron chi connectivity index (χ2n) is 4.34. The van der Waals surface area contributed by atoms with E-state index in [9.17, 15) is 4.39 Å². The lowest BCUT2D eigenvalue weighted by atomic mass is 10.2. The molecule has 3 aromatic rings. The van der Waals surface area contributed by atoms with E-state index in [-0.39, 0.29) is 5.82 Å². The minimum Gasteiger partial charge on any atom is -0.378 e. The maximum Gasteiger partial charge on any atom is 0.146 e. The molecule has 0 saturated carbocycles. The number of hydrogen-bond acceptors (Lipinski definition) is 1. The van der Waals surface area contributed by atoms with Crippen molar-refractivity contribution in [2.24, 2.45) is 0 Å². The Morgan fingerprint density at radius 1 is 1.16 bits per heavy atom. The van der Waals surface area contributed by atoms with Crippen LogP contribution in [0.15, 0.2) is 53.1 Å². The Kier molecular flexibility index (Phi) is 3.25. The first kappa shape index (κ1) is 12.2. The van der Waals surface area contributed by atoms with E-state index in [4.69, 9.17) is 0 Å². The van der Waals surface area contributed by atoms with Crippen molar-refractivity contribution in [1.29, 1.82) is 0 Å². The van der Waals surface area contributed by atoms with Crippen molar-refractivity contribution >= 4 is 32.5 Å². The third-order valence-corrected chi connectivity index (χ3v) is 3.57. The highest BCUT2D eigenvalue weighted by atomic mass is 79.9. The van der Waals surface area contributed by atoms with Gasteiger partial charge >= 0.3 is 0 Å². The fourth-order valence-corrected chi connectivity index (χ4v) is 2.46. The fourth-order valence-electron chi connectivity index (χ4n) is 2.10. The average molecular weight is 319 g/mol. The van der Waals surface area contributed by atoms with E-state index in [1.165, 1.54) is 6.07 Å². The van der Waals surface area contributed by atoms with Gasteiger partial charge in [0.15, 0.2) is 0 Å². The Balaban J connectivity index is 1.84. The normalized spacial score (nSPS) is 10.8. The molecule has 19 heavy (non-hydrogen) atoms. The summed E-state index contributed by atoms with van der Waals surface area (Å²) >= 11 is 3.34. The van der Waals surface area contributed by atoms with Crippen molar-refractivity contribution in [2.75, 3.05) is 5.32 Å². The maximum atomic E-state index is 13.6. The lowest BCUT2D eigenvalue weighted by molar-refractivity contribution is 0.630. The maximum absolute atomic E-state index is 13.6. The number of hydrogen-bond donors (Lipinski definition) is 2. The number of rotatable bonds is 3. The number of nitrogens with one attached hydrogen (secondary N) is 2. The van der Waals surface area contributed by atoms with E-state index >= 15 is 0 Å². The Bertz CT molecular complexity index is 721. The molecular weight excluding hydrogens is 307 g/mol. The van der Waals surface area contributed by atoms with Crippen LogP contribution in [-0.4, -0.2) is 4.98 Å². The first-order valence-electron chi connectivity index (χ1n) is 5.98. The zero-order valence-corrected chi connectivity index (χ0v) is 11.7. The summed E-state index contributed by atoms with van der Waals surface area (Å²) in [6, 6.07) is 12.9. The van der Waals surface area contributed by atoms with E-state index in [1.807, 2.05) is 24.4 Å². The van der Waals surface area contributed by atoms with Gasteiger partial charge in [-0.15, -0.1) is 0 Å². The number of H-pyrrole nitrogens is 1. The molecule has 0 atom stereocenters. The minimum absolute atomic E-state index is 0.247. The van der Waals surface area contributed by atoms with E-state index in [0.29, 0.717) is 12.2 Å². The second-order valence-corrected chi connectivity index (χ2v) is 5.25. The molecule has 0 aliphatic heterocycles. The molecule has 0 fully saturated rings. The molecule has 0 aliphatic rings. The van der Waals surface area contributed by atoms with Crippen molar-refractivity contribution in [3.63, 3.8) is 0 Å². The number of aromatic nitrogens is 1. The summed E-state index contributed by atoms with van der Waals surface area (Å²) in [6.45, 7) is 0.581. The molecule has 1 aromatic heterocycles. The van der Waals surface area contributed by atoms with Gasteiger partial charge < -0.3 is 10.3 Å². The zero-order valence-electron chi connectivity index (χ0n) is 10.1. The van der Waals surface area contributed by atoms with Crippen LogP contribution in [-0.2, 0) is 6.54 Å². The summed E-state index contributed by atoms with van der Waals surface area (Å²) in [7, 11) is 0. The zero-order chi connectivity index (χ0) is 13.2. The number of halogens is 2. The van der Waals surface area contributed by atoms with Gasteiger partial charge in [-0.05, 0) is 29.8 Å². The monoisotopic (exact) mass is 318 g/mol. The van der Waals surface area contributed by atoms with Crippen LogP contribution in [0.25, 0.3) is 10.9 Å². The van der Waals surface area contributed by atoms with Crippen LogP contribution in [0.5, 0.6) is 0 Å². The van der Waals surface area contributed by atoms with Gasteiger partial charge in [-0.3, -0.25) is 0 Å². The number of benzene rings is 2. The summed E-state index contributed by atoms with van der Waals surface area (Å²) in [6.07, 6.45) is 1.95. The molecule has 0 spiro atoms. The highest BCUT2D eigenvalue weighted by molar-refractivity contribution is 9.10. The summed E-state index contributed by atoms with van der Waals surface area (Å²) in [5, 5.41) is 4.28. The molecule has 96 valence electrons. The Morgan fingerprint density at radius 2 is 2.00 bits per heavy atom. The average Bonchev–Trinajstić information content (AvgIpc) is 2.83. The predicted octanol–water partition coefficient (Wildman–Crippen LogP) is 4.68. The van der Waals surface area contributed by atoms with Gasteiger partial charge in [0, 0.05) is 28.1 Å². The number of para-hydroxylation sites is 1. The van der Waals surface area contributed by atoms with Gasteiger partial charge in [-0.1, -0.05) is 34.1 Å². The molecule has 2 aromatic carbocycles. The molecule has 0 unspecified atom stereocenters. The second kappa shape index (κ2) is 5.05. The van der Waals surface area contributed by atoms with Crippen LogP contribution in [0.4, 0.5) is 10.1 Å². The van der Waals surface area contributed by atoms with Gasteiger partial charge in [0.1, 0.15) is 5.82 Å². The Morgan fingerprint density at radius 3 is 2.89 bits per heavy atom. The molecule has 4 heteroatoms. The van der Waals surface area contributed by atoms with Crippen LogP contribution in [0.3, 0.4) is 0 Å².